The van der Waals surface area contributed by atoms with E-state index >= 15 is 0 Å². The average molecular weight is 269 g/mol. The summed E-state index contributed by atoms with van der Waals surface area (Å²) in [6, 6.07) is -0.634. The van der Waals surface area contributed by atoms with Crippen molar-refractivity contribution in [2.45, 2.75) is 13.5 Å². The molecule has 9 heteroatoms. The van der Waals surface area contributed by atoms with Gasteiger partial charge >= 0.3 is 17.8 Å². The molecular weight excluding hydrogens is 258 g/mol. The molecule has 2 rings (SSSR count). The van der Waals surface area contributed by atoms with Crippen molar-refractivity contribution in [3.05, 3.63) is 5.01 Å². The van der Waals surface area contributed by atoms with Gasteiger partial charge in [0.15, 0.2) is 0 Å². The van der Waals surface area contributed by atoms with Crippen LogP contribution in [-0.4, -0.2) is 51.4 Å². The third kappa shape index (κ3) is 2.04. The minimum Gasteiger partial charge on any atom is -0.360 e. The van der Waals surface area contributed by atoms with Gasteiger partial charge in [-0.05, 0) is 6.92 Å². The molecule has 18 heavy (non-hydrogen) atoms. The number of nitrogens with one attached hydrogen (secondary N) is 1. The fourth-order valence-electron chi connectivity index (χ4n) is 1.43. The van der Waals surface area contributed by atoms with Crippen molar-refractivity contribution >= 4 is 34.3 Å². The molecule has 0 radical (unpaired) electrons. The number of amides is 4. The van der Waals surface area contributed by atoms with Gasteiger partial charge in [-0.2, -0.15) is 0 Å². The van der Waals surface area contributed by atoms with Crippen molar-refractivity contribution < 1.29 is 14.4 Å². The highest BCUT2D eigenvalue weighted by atomic mass is 32.1. The largest absolute Gasteiger partial charge is 0.360 e. The first-order chi connectivity index (χ1) is 8.54. The Morgan fingerprint density at radius 2 is 1.94 bits per heavy atom. The molecule has 0 aliphatic carbocycles. The van der Waals surface area contributed by atoms with E-state index in [0.29, 0.717) is 16.7 Å². The Morgan fingerprint density at radius 3 is 2.50 bits per heavy atom. The topological polar surface area (TPSA) is 95.5 Å². The normalized spacial score (nSPS) is 15.8. The smallest absolute Gasteiger partial charge is 0.334 e. The molecule has 96 valence electrons. The minimum atomic E-state index is -0.831. The van der Waals surface area contributed by atoms with Crippen molar-refractivity contribution in [2.24, 2.45) is 0 Å². The van der Waals surface area contributed by atoms with Gasteiger partial charge in [0.25, 0.3) is 0 Å². The van der Waals surface area contributed by atoms with E-state index in [9.17, 15) is 14.4 Å². The summed E-state index contributed by atoms with van der Waals surface area (Å²) < 4.78 is 0. The van der Waals surface area contributed by atoms with E-state index in [2.05, 4.69) is 15.5 Å². The van der Waals surface area contributed by atoms with Gasteiger partial charge in [-0.15, -0.1) is 10.2 Å². The Bertz CT molecular complexity index is 514. The first-order valence-corrected chi connectivity index (χ1v) is 6.06. The summed E-state index contributed by atoms with van der Waals surface area (Å²) in [5.41, 5.74) is 0. The second-order valence-corrected chi connectivity index (χ2v) is 4.63. The summed E-state index contributed by atoms with van der Waals surface area (Å²) in [4.78, 5) is 36.1. The molecule has 1 N–H and O–H groups in total. The highest BCUT2D eigenvalue weighted by Crippen LogP contribution is 2.19. The van der Waals surface area contributed by atoms with Crippen molar-refractivity contribution in [2.75, 3.05) is 18.9 Å². The Labute approximate surface area is 107 Å². The number of aromatic nitrogens is 2. The molecule has 0 bridgehead atoms. The first kappa shape index (κ1) is 12.4. The lowest BCUT2D eigenvalue weighted by Crippen LogP contribution is -2.30. The molecule has 1 aliphatic heterocycles. The summed E-state index contributed by atoms with van der Waals surface area (Å²) in [6.45, 7) is 2.59. The number of anilines is 1. The fourth-order valence-corrected chi connectivity index (χ4v) is 2.23. The van der Waals surface area contributed by atoms with E-state index in [4.69, 9.17) is 0 Å². The molecule has 2 heterocycles. The standard InChI is InChI=1S/C9H11N5O3S/c1-3-10-8-12-11-5(18-8)4-14-7(16)6(15)13(2)9(14)17/h3-4H2,1-2H3,(H,10,12). The van der Waals surface area contributed by atoms with Crippen LogP contribution in [0.3, 0.4) is 0 Å². The average Bonchev–Trinajstić information content (AvgIpc) is 2.86. The van der Waals surface area contributed by atoms with Gasteiger partial charge < -0.3 is 5.32 Å². The zero-order chi connectivity index (χ0) is 13.3. The van der Waals surface area contributed by atoms with E-state index in [0.717, 1.165) is 9.80 Å². The lowest BCUT2D eigenvalue weighted by atomic mass is 10.5. The molecule has 1 aromatic rings. The van der Waals surface area contributed by atoms with Crippen LogP contribution in [0.15, 0.2) is 0 Å². The van der Waals surface area contributed by atoms with Crippen LogP contribution in [0.4, 0.5) is 9.93 Å². The van der Waals surface area contributed by atoms with E-state index in [-0.39, 0.29) is 6.54 Å². The second-order valence-electron chi connectivity index (χ2n) is 3.57. The van der Waals surface area contributed by atoms with Gasteiger partial charge in [-0.3, -0.25) is 14.5 Å². The Balaban J connectivity index is 2.11. The van der Waals surface area contributed by atoms with E-state index < -0.39 is 17.8 Å². The third-order valence-electron chi connectivity index (χ3n) is 2.34. The van der Waals surface area contributed by atoms with Gasteiger partial charge in [0, 0.05) is 13.6 Å². The van der Waals surface area contributed by atoms with E-state index in [1.165, 1.54) is 18.4 Å². The van der Waals surface area contributed by atoms with Crippen LogP contribution in [0.1, 0.15) is 11.9 Å². The molecule has 0 spiro atoms. The summed E-state index contributed by atoms with van der Waals surface area (Å²) in [5.74, 6) is -1.65. The summed E-state index contributed by atoms with van der Waals surface area (Å²) in [6.07, 6.45) is 0. The number of likely N-dealkylation sites (N-methyl/N-ethyl adjacent to an activating group) is 1. The lowest BCUT2D eigenvalue weighted by molar-refractivity contribution is -0.143. The number of carbonyl (C=O) groups is 3. The number of imide groups is 2. The highest BCUT2D eigenvalue weighted by Gasteiger charge is 2.42. The molecule has 0 atom stereocenters. The molecule has 1 saturated heterocycles. The van der Waals surface area contributed by atoms with Crippen LogP contribution >= 0.6 is 11.3 Å². The maximum Gasteiger partial charge on any atom is 0.334 e. The number of hydrogen-bond acceptors (Lipinski definition) is 7. The van der Waals surface area contributed by atoms with Crippen LogP contribution in [0.5, 0.6) is 0 Å². The lowest BCUT2D eigenvalue weighted by Gasteiger charge is -2.09. The van der Waals surface area contributed by atoms with Crippen LogP contribution in [0.25, 0.3) is 0 Å². The number of carbonyl (C=O) groups excluding carboxylic acids is 3. The van der Waals surface area contributed by atoms with Crippen molar-refractivity contribution in [3.8, 4) is 0 Å². The monoisotopic (exact) mass is 269 g/mol. The highest BCUT2D eigenvalue weighted by molar-refractivity contribution is 7.15. The van der Waals surface area contributed by atoms with Gasteiger partial charge in [-0.25, -0.2) is 9.69 Å². The predicted octanol–water partition coefficient (Wildman–Crippen LogP) is -0.110. The van der Waals surface area contributed by atoms with Crippen LogP contribution in [0.2, 0.25) is 0 Å². The molecule has 0 unspecified atom stereocenters. The molecule has 8 nitrogen and oxygen atoms in total. The molecule has 0 saturated carbocycles. The molecule has 1 aliphatic rings. The van der Waals surface area contributed by atoms with E-state index in [1.54, 1.807) is 0 Å². The van der Waals surface area contributed by atoms with Crippen molar-refractivity contribution in [1.29, 1.82) is 0 Å². The maximum absolute atomic E-state index is 11.6. The molecule has 1 fully saturated rings. The van der Waals surface area contributed by atoms with Gasteiger partial charge in [0.1, 0.15) is 5.01 Å². The zero-order valence-corrected chi connectivity index (χ0v) is 10.7. The SMILES string of the molecule is CCNc1nnc(CN2C(=O)C(=O)N(C)C2=O)s1. The second kappa shape index (κ2) is 4.69. The zero-order valence-electron chi connectivity index (χ0n) is 9.84. The first-order valence-electron chi connectivity index (χ1n) is 5.24. The van der Waals surface area contributed by atoms with Crippen molar-refractivity contribution in [3.63, 3.8) is 0 Å². The Hall–Kier alpha value is -2.03. The predicted molar refractivity (Wildman–Crippen MR) is 62.8 cm³/mol. The summed E-state index contributed by atoms with van der Waals surface area (Å²) >= 11 is 1.24. The molecular formula is C9H11N5O3S. The minimum absolute atomic E-state index is 0.0309. The maximum atomic E-state index is 11.6. The van der Waals surface area contributed by atoms with E-state index in [1.807, 2.05) is 6.92 Å². The Kier molecular flexibility index (Phi) is 3.24. The quantitative estimate of drug-likeness (QED) is 0.605. The molecule has 0 aromatic carbocycles. The summed E-state index contributed by atoms with van der Waals surface area (Å²) in [7, 11) is 1.27. The molecule has 4 amide bonds. The third-order valence-corrected chi connectivity index (χ3v) is 3.20. The number of nitrogens with zero attached hydrogens (tertiary/aromatic N) is 4. The number of rotatable bonds is 4. The number of hydrogen-bond donors (Lipinski definition) is 1. The van der Waals surface area contributed by atoms with Gasteiger partial charge in [0.2, 0.25) is 5.13 Å². The molecule has 1 aromatic heterocycles. The summed E-state index contributed by atoms with van der Waals surface area (Å²) in [5, 5.41) is 11.8. The van der Waals surface area contributed by atoms with Crippen LogP contribution in [0, 0.1) is 0 Å². The van der Waals surface area contributed by atoms with Gasteiger partial charge in [0.05, 0.1) is 6.54 Å². The fraction of sp³-hybridized carbons (Fsp3) is 0.444. The number of urea groups is 1. The van der Waals surface area contributed by atoms with Crippen molar-refractivity contribution in [1.82, 2.24) is 20.0 Å². The Morgan fingerprint density at radius 1 is 1.22 bits per heavy atom. The van der Waals surface area contributed by atoms with Crippen LogP contribution in [-0.2, 0) is 16.1 Å². The van der Waals surface area contributed by atoms with Gasteiger partial charge in [-0.1, -0.05) is 11.3 Å². The van der Waals surface area contributed by atoms with Crippen LogP contribution < -0.4 is 5.32 Å².